The minimum atomic E-state index is -1.28. The molecule has 0 spiro atoms. The number of esters is 1. The molecule has 3 atom stereocenters. The van der Waals surface area contributed by atoms with E-state index in [1.165, 1.54) is 6.21 Å². The average molecular weight is 521 g/mol. The van der Waals surface area contributed by atoms with Gasteiger partial charge in [0.1, 0.15) is 6.04 Å². The Labute approximate surface area is 223 Å². The molecule has 1 fully saturated rings. The number of hydrogen-bond acceptors (Lipinski definition) is 8. The first kappa shape index (κ1) is 27.3. The van der Waals surface area contributed by atoms with Gasteiger partial charge in [-0.25, -0.2) is 0 Å². The molecule has 2 aromatic rings. The van der Waals surface area contributed by atoms with Crippen LogP contribution in [0.25, 0.3) is 0 Å². The molecule has 2 aliphatic heterocycles. The predicted octanol–water partition coefficient (Wildman–Crippen LogP) is 2.81. The van der Waals surface area contributed by atoms with Crippen molar-refractivity contribution in [2.75, 3.05) is 13.3 Å². The van der Waals surface area contributed by atoms with Gasteiger partial charge in [-0.15, -0.1) is 0 Å². The van der Waals surface area contributed by atoms with Crippen molar-refractivity contribution in [2.45, 2.75) is 57.8 Å². The van der Waals surface area contributed by atoms with E-state index < -0.39 is 24.9 Å². The summed E-state index contributed by atoms with van der Waals surface area (Å²) in [6, 6.07) is 18.9. The lowest BCUT2D eigenvalue weighted by Gasteiger charge is -2.47. The van der Waals surface area contributed by atoms with Crippen molar-refractivity contribution in [3.8, 4) is 0 Å². The minimum absolute atomic E-state index is 0.00820. The summed E-state index contributed by atoms with van der Waals surface area (Å²) in [6.45, 7) is 7.44. The first-order valence-corrected chi connectivity index (χ1v) is 12.9. The van der Waals surface area contributed by atoms with Crippen LogP contribution >= 0.6 is 0 Å². The number of nitrogens with two attached hydrogens (primary N) is 1. The van der Waals surface area contributed by atoms with Gasteiger partial charge in [-0.05, 0) is 30.9 Å². The Morgan fingerprint density at radius 1 is 1.05 bits per heavy atom. The van der Waals surface area contributed by atoms with E-state index in [4.69, 9.17) is 15.2 Å². The van der Waals surface area contributed by atoms with Crippen LogP contribution in [0.1, 0.15) is 44.7 Å². The van der Waals surface area contributed by atoms with Crippen molar-refractivity contribution < 1.29 is 24.2 Å². The molecule has 9 heteroatoms. The van der Waals surface area contributed by atoms with E-state index >= 15 is 0 Å². The zero-order chi connectivity index (χ0) is 27.4. The summed E-state index contributed by atoms with van der Waals surface area (Å²) in [6.07, 6.45) is 0.0566. The Bertz CT molecular complexity index is 1140. The van der Waals surface area contributed by atoms with E-state index in [-0.39, 0.29) is 41.3 Å². The van der Waals surface area contributed by atoms with Crippen molar-refractivity contribution in [1.82, 2.24) is 9.91 Å². The summed E-state index contributed by atoms with van der Waals surface area (Å²) in [5.74, 6) is -1.19. The number of aliphatic hydroxyl groups excluding tert-OH is 1. The van der Waals surface area contributed by atoms with E-state index in [0.29, 0.717) is 6.54 Å². The highest BCUT2D eigenvalue weighted by Gasteiger charge is 2.46. The van der Waals surface area contributed by atoms with Crippen molar-refractivity contribution in [2.24, 2.45) is 16.8 Å². The fraction of sp³-hybridized carbons (Fsp3) is 0.414. The molecular weight excluding hydrogens is 484 g/mol. The van der Waals surface area contributed by atoms with Crippen molar-refractivity contribution in [3.05, 3.63) is 83.2 Å². The molecule has 0 aromatic heterocycles. The summed E-state index contributed by atoms with van der Waals surface area (Å²) in [7, 11) is 0. The number of rotatable bonds is 9. The van der Waals surface area contributed by atoms with Crippen LogP contribution in [0.5, 0.6) is 0 Å². The van der Waals surface area contributed by atoms with E-state index in [1.807, 2.05) is 64.1 Å². The third kappa shape index (κ3) is 5.58. The Hall–Kier alpha value is -3.69. The van der Waals surface area contributed by atoms with E-state index in [0.717, 1.165) is 11.1 Å². The van der Waals surface area contributed by atoms with Gasteiger partial charge in [0, 0.05) is 18.5 Å². The Kier molecular flexibility index (Phi) is 8.48. The fourth-order valence-corrected chi connectivity index (χ4v) is 4.79. The number of amides is 1. The Balaban J connectivity index is 1.74. The number of piperazine rings is 1. The van der Waals surface area contributed by atoms with Gasteiger partial charge in [0.2, 0.25) is 6.79 Å². The van der Waals surface area contributed by atoms with Crippen LogP contribution in [0.15, 0.2) is 77.2 Å². The van der Waals surface area contributed by atoms with Crippen LogP contribution in [0.3, 0.4) is 0 Å². The van der Waals surface area contributed by atoms with E-state index in [1.54, 1.807) is 9.91 Å². The molecule has 0 bridgehead atoms. The predicted molar refractivity (Wildman–Crippen MR) is 144 cm³/mol. The lowest BCUT2D eigenvalue weighted by molar-refractivity contribution is -0.157. The van der Waals surface area contributed by atoms with Gasteiger partial charge in [0.05, 0.1) is 12.3 Å². The third-order valence-electron chi connectivity index (χ3n) is 6.96. The molecule has 9 nitrogen and oxygen atoms in total. The molecule has 2 aliphatic rings. The van der Waals surface area contributed by atoms with Crippen LogP contribution in [0.4, 0.5) is 0 Å². The van der Waals surface area contributed by atoms with Gasteiger partial charge < -0.3 is 25.2 Å². The molecule has 38 heavy (non-hydrogen) atoms. The van der Waals surface area contributed by atoms with Crippen molar-refractivity contribution >= 4 is 18.1 Å². The molecule has 3 N–H and O–H groups in total. The van der Waals surface area contributed by atoms with Gasteiger partial charge in [0.25, 0.3) is 5.91 Å². The van der Waals surface area contributed by atoms with Crippen LogP contribution in [-0.4, -0.2) is 70.7 Å². The summed E-state index contributed by atoms with van der Waals surface area (Å²) in [4.78, 5) is 27.7. The van der Waals surface area contributed by atoms with Crippen LogP contribution in [0.2, 0.25) is 0 Å². The molecule has 2 heterocycles. The largest absolute Gasteiger partial charge is 0.456 e. The molecule has 0 aliphatic carbocycles. The van der Waals surface area contributed by atoms with Gasteiger partial charge in [-0.1, -0.05) is 74.5 Å². The lowest BCUT2D eigenvalue weighted by Crippen LogP contribution is -2.58. The monoisotopic (exact) mass is 520 g/mol. The molecule has 0 saturated carbocycles. The second kappa shape index (κ2) is 11.8. The normalized spacial score (nSPS) is 20.3. The highest BCUT2D eigenvalue weighted by Crippen LogP contribution is 2.39. The number of ether oxygens (including phenoxy) is 2. The zero-order valence-electron chi connectivity index (χ0n) is 22.2. The van der Waals surface area contributed by atoms with E-state index in [9.17, 15) is 14.7 Å². The van der Waals surface area contributed by atoms with Gasteiger partial charge in [-0.3, -0.25) is 14.6 Å². The highest BCUT2D eigenvalue weighted by atomic mass is 16.7. The number of carbonyl (C=O) groups is 2. The molecule has 3 unspecified atom stereocenters. The maximum Gasteiger partial charge on any atom is 0.326 e. The van der Waals surface area contributed by atoms with E-state index in [2.05, 4.69) is 29.4 Å². The van der Waals surface area contributed by atoms with Gasteiger partial charge in [0.15, 0.2) is 17.6 Å². The second-order valence-corrected chi connectivity index (χ2v) is 10.2. The number of hydrazone groups is 1. The van der Waals surface area contributed by atoms with Crippen LogP contribution < -0.4 is 5.73 Å². The Morgan fingerprint density at radius 2 is 1.63 bits per heavy atom. The zero-order valence-corrected chi connectivity index (χ0v) is 22.2. The molecule has 1 amide bonds. The number of nitrogens with zero attached hydrogens (tertiary/aromatic N) is 3. The molecule has 1 saturated heterocycles. The summed E-state index contributed by atoms with van der Waals surface area (Å²) in [5.41, 5.74) is 8.14. The quantitative estimate of drug-likeness (QED) is 0.386. The fourth-order valence-electron chi connectivity index (χ4n) is 4.79. The number of benzene rings is 2. The number of aliphatic hydroxyl groups is 1. The molecule has 2 aromatic carbocycles. The van der Waals surface area contributed by atoms with Crippen LogP contribution in [-0.2, 0) is 19.1 Å². The lowest BCUT2D eigenvalue weighted by atomic mass is 9.83. The molecular formula is C29H36N4O5. The minimum Gasteiger partial charge on any atom is -0.456 e. The third-order valence-corrected chi connectivity index (χ3v) is 6.96. The summed E-state index contributed by atoms with van der Waals surface area (Å²) >= 11 is 0. The van der Waals surface area contributed by atoms with Crippen molar-refractivity contribution in [3.63, 3.8) is 0 Å². The topological polar surface area (TPSA) is 118 Å². The Morgan fingerprint density at radius 3 is 2.16 bits per heavy atom. The maximum absolute atomic E-state index is 13.7. The second-order valence-electron chi connectivity index (χ2n) is 10.2. The van der Waals surface area contributed by atoms with Gasteiger partial charge in [-0.2, -0.15) is 5.10 Å². The number of hydrogen-bond donors (Lipinski definition) is 2. The number of carbonyl (C=O) groups excluding carboxylic acids is 2. The first-order valence-electron chi connectivity index (χ1n) is 12.9. The smallest absolute Gasteiger partial charge is 0.326 e. The first-order chi connectivity index (χ1) is 18.2. The summed E-state index contributed by atoms with van der Waals surface area (Å²) in [5, 5.41) is 16.9. The standard InChI is InChI=1S/C29H36N4O5/c1-18(2)25(30)29(36)38-17-37-27-23(34)15-31-33-22(16-32(19(3)4)28(35)26(27)33)24(20-11-7-5-8-12-20)21-13-9-6-10-14-21/h5-15,18-19,22-25,34H,16-17,30H2,1-4H3. The molecule has 0 radical (unpaired) electrons. The molecule has 202 valence electrons. The SMILES string of the molecule is CC(C)C(N)C(=O)OCOC1=C2C(=O)N(C(C)C)CC(C(c3ccccc3)c3ccccc3)N2N=CC1O. The van der Waals surface area contributed by atoms with Crippen molar-refractivity contribution in [1.29, 1.82) is 0 Å². The highest BCUT2D eigenvalue weighted by molar-refractivity contribution is 5.96. The average Bonchev–Trinajstić information content (AvgIpc) is 2.91. The number of fused-ring (bicyclic) bond motifs is 1. The molecule has 4 rings (SSSR count). The maximum atomic E-state index is 13.7. The van der Waals surface area contributed by atoms with Gasteiger partial charge >= 0.3 is 5.97 Å². The van der Waals surface area contributed by atoms with Crippen LogP contribution in [0, 0.1) is 5.92 Å². The summed E-state index contributed by atoms with van der Waals surface area (Å²) < 4.78 is 11.0.